The quantitative estimate of drug-likeness (QED) is 0.453. The summed E-state index contributed by atoms with van der Waals surface area (Å²) in [6.07, 6.45) is 5.78. The molecule has 2 saturated heterocycles. The molecule has 2 amide bonds. The van der Waals surface area contributed by atoms with Crippen molar-refractivity contribution in [3.63, 3.8) is 0 Å². The number of amides is 2. The fourth-order valence-corrected chi connectivity index (χ4v) is 7.53. The third kappa shape index (κ3) is 4.86. The number of nitrogens with one attached hydrogen (secondary N) is 1. The van der Waals surface area contributed by atoms with E-state index >= 15 is 0 Å². The van der Waals surface area contributed by atoms with Crippen molar-refractivity contribution in [2.45, 2.75) is 49.2 Å². The maximum absolute atomic E-state index is 13.6. The second-order valence-corrected chi connectivity index (χ2v) is 12.2. The third-order valence-corrected chi connectivity index (χ3v) is 9.79. The Balaban J connectivity index is 1.31. The van der Waals surface area contributed by atoms with Gasteiger partial charge in [-0.1, -0.05) is 19.4 Å². The van der Waals surface area contributed by atoms with Crippen molar-refractivity contribution in [2.75, 3.05) is 13.1 Å². The molecule has 3 aromatic rings. The van der Waals surface area contributed by atoms with E-state index in [1.807, 2.05) is 31.2 Å². The van der Waals surface area contributed by atoms with Crippen molar-refractivity contribution >= 4 is 39.0 Å². The van der Waals surface area contributed by atoms with Crippen LogP contribution in [0.1, 0.15) is 35.9 Å². The molecule has 3 unspecified atom stereocenters. The highest BCUT2D eigenvalue weighted by Gasteiger charge is 2.54. The number of ketones is 1. The van der Waals surface area contributed by atoms with Gasteiger partial charge in [-0.3, -0.25) is 24.4 Å². The Labute approximate surface area is 224 Å². The highest BCUT2D eigenvalue weighted by Crippen LogP contribution is 2.34. The summed E-state index contributed by atoms with van der Waals surface area (Å²) >= 11 is 1.28. The molecule has 12 heteroatoms. The van der Waals surface area contributed by atoms with Crippen LogP contribution in [0.5, 0.6) is 0 Å². The molecule has 38 heavy (non-hydrogen) atoms. The first-order valence-corrected chi connectivity index (χ1v) is 14.6. The second kappa shape index (κ2) is 10.7. The lowest BCUT2D eigenvalue weighted by Crippen LogP contribution is -2.52. The first-order chi connectivity index (χ1) is 18.3. The van der Waals surface area contributed by atoms with Gasteiger partial charge in [0.15, 0.2) is 5.78 Å². The minimum absolute atomic E-state index is 0.00960. The summed E-state index contributed by atoms with van der Waals surface area (Å²) in [6.45, 7) is 1.84. The van der Waals surface area contributed by atoms with E-state index in [9.17, 15) is 22.8 Å². The average molecular weight is 554 g/mol. The molecule has 5 rings (SSSR count). The van der Waals surface area contributed by atoms with E-state index in [1.54, 1.807) is 12.3 Å². The molecule has 1 N–H and O–H groups in total. The molecule has 0 spiro atoms. The monoisotopic (exact) mass is 553 g/mol. The molecular weight excluding hydrogens is 526 g/mol. The topological polar surface area (TPSA) is 130 Å². The summed E-state index contributed by atoms with van der Waals surface area (Å²) in [5.74, 6) is -1.07. The van der Waals surface area contributed by atoms with Crippen molar-refractivity contribution in [1.29, 1.82) is 0 Å². The average Bonchev–Trinajstić information content (AvgIpc) is 3.67. The van der Waals surface area contributed by atoms with Crippen molar-refractivity contribution in [2.24, 2.45) is 0 Å². The van der Waals surface area contributed by atoms with Crippen LogP contribution in [0, 0.1) is 0 Å². The van der Waals surface area contributed by atoms with Crippen LogP contribution in [0.2, 0.25) is 0 Å². The molecule has 0 radical (unpaired) electrons. The molecule has 5 heterocycles. The van der Waals surface area contributed by atoms with Gasteiger partial charge < -0.3 is 10.2 Å². The molecule has 3 aromatic heterocycles. The predicted molar refractivity (Wildman–Crippen MR) is 141 cm³/mol. The lowest BCUT2D eigenvalue weighted by molar-refractivity contribution is -0.138. The SMILES string of the molecule is CCCC(NC(=O)c1ccc(-c2ccccn2)s1)C(=O)N1CCC2C1C(=O)CN2S(=O)(=O)c1cccnc1. The van der Waals surface area contributed by atoms with Gasteiger partial charge in [-0.25, -0.2) is 8.42 Å². The van der Waals surface area contributed by atoms with Gasteiger partial charge >= 0.3 is 0 Å². The molecular formula is C26H27N5O5S2. The normalized spacial score (nSPS) is 20.3. The van der Waals surface area contributed by atoms with Crippen LogP contribution in [0.25, 0.3) is 10.6 Å². The number of hydrogen-bond acceptors (Lipinski definition) is 8. The van der Waals surface area contributed by atoms with Gasteiger partial charge in [0.05, 0.1) is 28.0 Å². The Hall–Kier alpha value is -3.48. The number of sulfonamides is 1. The van der Waals surface area contributed by atoms with Crippen LogP contribution in [-0.4, -0.2) is 76.4 Å². The lowest BCUT2D eigenvalue weighted by atomic mass is 10.1. The van der Waals surface area contributed by atoms with Gasteiger partial charge in [0.2, 0.25) is 15.9 Å². The molecule has 2 fully saturated rings. The Kier molecular flexibility index (Phi) is 7.37. The van der Waals surface area contributed by atoms with Crippen molar-refractivity contribution in [3.05, 3.63) is 65.9 Å². The number of rotatable bonds is 8. The van der Waals surface area contributed by atoms with E-state index in [-0.39, 0.29) is 35.6 Å². The molecule has 0 saturated carbocycles. The zero-order valence-corrected chi connectivity index (χ0v) is 22.3. The van der Waals surface area contributed by atoms with Crippen LogP contribution < -0.4 is 5.32 Å². The molecule has 2 aliphatic rings. The lowest BCUT2D eigenvalue weighted by Gasteiger charge is -2.28. The van der Waals surface area contributed by atoms with E-state index in [2.05, 4.69) is 15.3 Å². The van der Waals surface area contributed by atoms with Crippen LogP contribution >= 0.6 is 11.3 Å². The van der Waals surface area contributed by atoms with E-state index in [0.29, 0.717) is 24.1 Å². The molecule has 198 valence electrons. The van der Waals surface area contributed by atoms with Crippen molar-refractivity contribution in [1.82, 2.24) is 24.5 Å². The smallest absolute Gasteiger partial charge is 0.262 e. The maximum Gasteiger partial charge on any atom is 0.262 e. The fraction of sp³-hybridized carbons (Fsp3) is 0.346. The summed E-state index contributed by atoms with van der Waals surface area (Å²) < 4.78 is 27.6. The summed E-state index contributed by atoms with van der Waals surface area (Å²) in [4.78, 5) is 50.6. The number of fused-ring (bicyclic) bond motifs is 1. The Bertz CT molecular complexity index is 1440. The van der Waals surface area contributed by atoms with E-state index in [0.717, 1.165) is 10.6 Å². The van der Waals surface area contributed by atoms with Gasteiger partial charge in [-0.15, -0.1) is 11.3 Å². The third-order valence-electron chi connectivity index (χ3n) is 6.83. The number of likely N-dealkylation sites (tertiary alicyclic amines) is 1. The highest BCUT2D eigenvalue weighted by molar-refractivity contribution is 7.89. The number of Topliss-reactive ketones (excluding diaryl/α,β-unsaturated/α-hetero) is 1. The zero-order chi connectivity index (χ0) is 26.9. The van der Waals surface area contributed by atoms with Crippen molar-refractivity contribution in [3.8, 4) is 10.6 Å². The van der Waals surface area contributed by atoms with Gasteiger partial charge in [0.1, 0.15) is 17.0 Å². The number of hydrogen-bond donors (Lipinski definition) is 1. The van der Waals surface area contributed by atoms with Gasteiger partial charge in [-0.2, -0.15) is 4.31 Å². The summed E-state index contributed by atoms with van der Waals surface area (Å²) in [5.41, 5.74) is 0.756. The minimum Gasteiger partial charge on any atom is -0.340 e. The molecule has 0 aromatic carbocycles. The molecule has 3 atom stereocenters. The Morgan fingerprint density at radius 1 is 1.16 bits per heavy atom. The second-order valence-electron chi connectivity index (χ2n) is 9.23. The maximum atomic E-state index is 13.6. The summed E-state index contributed by atoms with van der Waals surface area (Å²) in [7, 11) is -3.94. The fourth-order valence-electron chi connectivity index (χ4n) is 5.06. The Morgan fingerprint density at radius 2 is 2.00 bits per heavy atom. The molecule has 0 aliphatic carbocycles. The van der Waals surface area contributed by atoms with Crippen molar-refractivity contribution < 1.29 is 22.8 Å². The Morgan fingerprint density at radius 3 is 2.71 bits per heavy atom. The summed E-state index contributed by atoms with van der Waals surface area (Å²) in [5, 5.41) is 2.85. The van der Waals surface area contributed by atoms with E-state index in [1.165, 1.54) is 45.1 Å². The van der Waals surface area contributed by atoms with E-state index in [4.69, 9.17) is 0 Å². The number of aromatic nitrogens is 2. The molecule has 0 bridgehead atoms. The summed E-state index contributed by atoms with van der Waals surface area (Å²) in [6, 6.07) is 9.68. The number of nitrogens with zero attached hydrogens (tertiary/aromatic N) is 4. The standard InChI is InChI=1S/C26H27N5O5S2/c1-2-6-19(29-25(33)23-10-9-22(37-23)18-8-3-4-13-28-18)26(34)30-14-11-20-24(30)21(32)16-31(20)38(35,36)17-7-5-12-27-15-17/h3-5,7-10,12-13,15,19-20,24H,2,6,11,14,16H2,1H3,(H,29,33). The largest absolute Gasteiger partial charge is 0.340 e. The van der Waals surface area contributed by atoms with E-state index < -0.39 is 28.1 Å². The number of thiophene rings is 1. The van der Waals surface area contributed by atoms with Gasteiger partial charge in [0, 0.05) is 25.1 Å². The van der Waals surface area contributed by atoms with Crippen LogP contribution in [0.4, 0.5) is 0 Å². The predicted octanol–water partition coefficient (Wildman–Crippen LogP) is 2.35. The first-order valence-electron chi connectivity index (χ1n) is 12.4. The van der Waals surface area contributed by atoms with Gasteiger partial charge in [-0.05, 0) is 49.2 Å². The van der Waals surface area contributed by atoms with Crippen LogP contribution in [0.15, 0.2) is 66.0 Å². The van der Waals surface area contributed by atoms with Crippen LogP contribution in [0.3, 0.4) is 0 Å². The first kappa shape index (κ1) is 26.1. The minimum atomic E-state index is -3.94. The van der Waals surface area contributed by atoms with Crippen LogP contribution in [-0.2, 0) is 19.6 Å². The van der Waals surface area contributed by atoms with Gasteiger partial charge in [0.25, 0.3) is 5.91 Å². The number of carbonyl (C=O) groups excluding carboxylic acids is 3. The molecule has 2 aliphatic heterocycles. The number of carbonyl (C=O) groups is 3. The zero-order valence-electron chi connectivity index (χ0n) is 20.7. The molecule has 10 nitrogen and oxygen atoms in total. The number of pyridine rings is 2. The highest BCUT2D eigenvalue weighted by atomic mass is 32.2.